The molecular weight excluding hydrogens is 254 g/mol. The van der Waals surface area contributed by atoms with E-state index >= 15 is 0 Å². The molecule has 2 rings (SSSR count). The summed E-state index contributed by atoms with van der Waals surface area (Å²) in [5.74, 6) is 1.18. The molecule has 18 heavy (non-hydrogen) atoms. The second-order valence-corrected chi connectivity index (χ2v) is 4.36. The number of hydrogen-bond donors (Lipinski definition) is 0. The SMILES string of the molecule is CCOc1ccccc1C1CN(CCCl)C(=O)O1. The second-order valence-electron chi connectivity index (χ2n) is 3.98. The molecular formula is C13H16ClNO3. The van der Waals surface area contributed by atoms with Gasteiger partial charge in [0, 0.05) is 18.0 Å². The van der Waals surface area contributed by atoms with Crippen LogP contribution in [0.5, 0.6) is 5.75 Å². The van der Waals surface area contributed by atoms with Crippen LogP contribution in [0, 0.1) is 0 Å². The van der Waals surface area contributed by atoms with Crippen LogP contribution in [0.15, 0.2) is 24.3 Å². The lowest BCUT2D eigenvalue weighted by atomic mass is 10.1. The van der Waals surface area contributed by atoms with Gasteiger partial charge in [0.05, 0.1) is 13.2 Å². The van der Waals surface area contributed by atoms with Gasteiger partial charge >= 0.3 is 6.09 Å². The summed E-state index contributed by atoms with van der Waals surface area (Å²) in [5, 5.41) is 0. The van der Waals surface area contributed by atoms with Gasteiger partial charge in [-0.15, -0.1) is 11.6 Å². The fourth-order valence-corrected chi connectivity index (χ4v) is 2.19. The summed E-state index contributed by atoms with van der Waals surface area (Å²) in [6.07, 6.45) is -0.588. The molecule has 1 atom stereocenters. The van der Waals surface area contributed by atoms with Crippen molar-refractivity contribution in [1.82, 2.24) is 4.90 Å². The number of nitrogens with zero attached hydrogens (tertiary/aromatic N) is 1. The van der Waals surface area contributed by atoms with Gasteiger partial charge in [0.15, 0.2) is 0 Å². The smallest absolute Gasteiger partial charge is 0.410 e. The Balaban J connectivity index is 2.15. The second kappa shape index (κ2) is 5.96. The van der Waals surface area contributed by atoms with Gasteiger partial charge in [-0.2, -0.15) is 0 Å². The number of benzene rings is 1. The predicted molar refractivity (Wildman–Crippen MR) is 69.1 cm³/mol. The van der Waals surface area contributed by atoms with Crippen LogP contribution >= 0.6 is 11.6 Å². The third kappa shape index (κ3) is 2.70. The Morgan fingerprint density at radius 2 is 2.28 bits per heavy atom. The van der Waals surface area contributed by atoms with E-state index in [-0.39, 0.29) is 12.2 Å². The number of amides is 1. The molecule has 98 valence electrons. The molecule has 1 unspecified atom stereocenters. The van der Waals surface area contributed by atoms with Gasteiger partial charge in [0.1, 0.15) is 11.9 Å². The number of para-hydroxylation sites is 1. The number of halogens is 1. The summed E-state index contributed by atoms with van der Waals surface area (Å²) in [6.45, 7) is 3.55. The Labute approximate surface area is 111 Å². The lowest BCUT2D eigenvalue weighted by molar-refractivity contribution is 0.132. The molecule has 1 amide bonds. The Kier molecular flexibility index (Phi) is 4.31. The van der Waals surface area contributed by atoms with E-state index in [1.165, 1.54) is 0 Å². The minimum Gasteiger partial charge on any atom is -0.493 e. The normalized spacial score (nSPS) is 18.9. The molecule has 1 aliphatic heterocycles. The van der Waals surface area contributed by atoms with Gasteiger partial charge in [-0.1, -0.05) is 18.2 Å². The number of cyclic esters (lactones) is 1. The molecule has 0 saturated carbocycles. The number of rotatable bonds is 5. The van der Waals surface area contributed by atoms with Gasteiger partial charge in [-0.05, 0) is 13.0 Å². The summed E-state index contributed by atoms with van der Waals surface area (Å²) < 4.78 is 10.9. The van der Waals surface area contributed by atoms with Crippen LogP contribution in [-0.4, -0.2) is 36.6 Å². The number of carbonyl (C=O) groups is 1. The molecule has 1 aliphatic rings. The molecule has 0 N–H and O–H groups in total. The van der Waals surface area contributed by atoms with E-state index in [4.69, 9.17) is 21.1 Å². The average Bonchev–Trinajstić information content (AvgIpc) is 2.73. The quantitative estimate of drug-likeness (QED) is 0.772. The Bertz CT molecular complexity index is 424. The highest BCUT2D eigenvalue weighted by Crippen LogP contribution is 2.32. The van der Waals surface area contributed by atoms with Crippen LogP contribution in [0.25, 0.3) is 0 Å². The maximum absolute atomic E-state index is 11.6. The van der Waals surface area contributed by atoms with E-state index in [9.17, 15) is 4.79 Å². The fraction of sp³-hybridized carbons (Fsp3) is 0.462. The Hall–Kier alpha value is -1.42. The Morgan fingerprint density at radius 1 is 1.50 bits per heavy atom. The molecule has 0 aliphatic carbocycles. The zero-order valence-corrected chi connectivity index (χ0v) is 11.0. The van der Waals surface area contributed by atoms with Gasteiger partial charge in [0.25, 0.3) is 0 Å². The van der Waals surface area contributed by atoms with Crippen LogP contribution in [0.1, 0.15) is 18.6 Å². The van der Waals surface area contributed by atoms with Gasteiger partial charge in [-0.25, -0.2) is 4.79 Å². The third-order valence-electron chi connectivity index (χ3n) is 2.81. The van der Waals surface area contributed by atoms with Crippen molar-refractivity contribution in [2.75, 3.05) is 25.6 Å². The fourth-order valence-electron chi connectivity index (χ4n) is 1.99. The van der Waals surface area contributed by atoms with Crippen LogP contribution in [0.4, 0.5) is 4.79 Å². The number of hydrogen-bond acceptors (Lipinski definition) is 3. The number of alkyl halides is 1. The molecule has 1 aromatic rings. The van der Waals surface area contributed by atoms with E-state index < -0.39 is 0 Å². The lowest BCUT2D eigenvalue weighted by Crippen LogP contribution is -2.26. The van der Waals surface area contributed by atoms with Crippen LogP contribution in [-0.2, 0) is 4.74 Å². The van der Waals surface area contributed by atoms with Crippen molar-refractivity contribution in [3.05, 3.63) is 29.8 Å². The summed E-state index contributed by atoms with van der Waals surface area (Å²) >= 11 is 5.65. The highest BCUT2D eigenvalue weighted by Gasteiger charge is 2.33. The van der Waals surface area contributed by atoms with Crippen molar-refractivity contribution >= 4 is 17.7 Å². The standard InChI is InChI=1S/C13H16ClNO3/c1-2-17-11-6-4-3-5-10(11)12-9-15(8-7-14)13(16)18-12/h3-6,12H,2,7-9H2,1H3. The zero-order valence-electron chi connectivity index (χ0n) is 10.3. The van der Waals surface area contributed by atoms with E-state index in [2.05, 4.69) is 0 Å². The first-order valence-electron chi connectivity index (χ1n) is 5.99. The van der Waals surface area contributed by atoms with Crippen LogP contribution in [0.3, 0.4) is 0 Å². The Morgan fingerprint density at radius 3 is 3.00 bits per heavy atom. The highest BCUT2D eigenvalue weighted by atomic mass is 35.5. The molecule has 0 spiro atoms. The minimum absolute atomic E-state index is 0.275. The maximum Gasteiger partial charge on any atom is 0.410 e. The van der Waals surface area contributed by atoms with Crippen molar-refractivity contribution in [2.45, 2.75) is 13.0 Å². The average molecular weight is 270 g/mol. The molecule has 1 fully saturated rings. The van der Waals surface area contributed by atoms with E-state index in [1.807, 2.05) is 31.2 Å². The number of carbonyl (C=O) groups excluding carboxylic acids is 1. The molecule has 1 saturated heterocycles. The van der Waals surface area contributed by atoms with E-state index in [0.717, 1.165) is 11.3 Å². The van der Waals surface area contributed by atoms with Gasteiger partial charge < -0.3 is 14.4 Å². The minimum atomic E-state index is -0.313. The number of ether oxygens (including phenoxy) is 2. The maximum atomic E-state index is 11.6. The molecule has 1 aromatic carbocycles. The van der Waals surface area contributed by atoms with Crippen LogP contribution in [0.2, 0.25) is 0 Å². The van der Waals surface area contributed by atoms with Gasteiger partial charge in [-0.3, -0.25) is 0 Å². The summed E-state index contributed by atoms with van der Waals surface area (Å²) in [7, 11) is 0. The van der Waals surface area contributed by atoms with Crippen LogP contribution < -0.4 is 4.74 Å². The highest BCUT2D eigenvalue weighted by molar-refractivity contribution is 6.18. The van der Waals surface area contributed by atoms with Crippen molar-refractivity contribution < 1.29 is 14.3 Å². The molecule has 5 heteroatoms. The first-order valence-corrected chi connectivity index (χ1v) is 6.53. The first kappa shape index (κ1) is 13.0. The van der Waals surface area contributed by atoms with E-state index in [0.29, 0.717) is 25.6 Å². The largest absolute Gasteiger partial charge is 0.493 e. The molecule has 0 bridgehead atoms. The molecule has 1 heterocycles. The summed E-state index contributed by atoms with van der Waals surface area (Å²) in [4.78, 5) is 13.2. The molecule has 4 nitrogen and oxygen atoms in total. The first-order chi connectivity index (χ1) is 8.76. The van der Waals surface area contributed by atoms with E-state index in [1.54, 1.807) is 4.90 Å². The summed E-state index contributed by atoms with van der Waals surface area (Å²) in [6, 6.07) is 7.63. The zero-order chi connectivity index (χ0) is 13.0. The van der Waals surface area contributed by atoms with Crippen molar-refractivity contribution in [3.63, 3.8) is 0 Å². The lowest BCUT2D eigenvalue weighted by Gasteiger charge is -2.14. The topological polar surface area (TPSA) is 38.8 Å². The summed E-state index contributed by atoms with van der Waals surface area (Å²) in [5.41, 5.74) is 0.907. The van der Waals surface area contributed by atoms with Crippen molar-refractivity contribution in [2.24, 2.45) is 0 Å². The van der Waals surface area contributed by atoms with Crippen molar-refractivity contribution in [1.29, 1.82) is 0 Å². The van der Waals surface area contributed by atoms with Crippen molar-refractivity contribution in [3.8, 4) is 5.75 Å². The monoisotopic (exact) mass is 269 g/mol. The molecule has 0 aromatic heterocycles. The van der Waals surface area contributed by atoms with Gasteiger partial charge in [0.2, 0.25) is 0 Å². The molecule has 0 radical (unpaired) electrons. The third-order valence-corrected chi connectivity index (χ3v) is 2.98. The predicted octanol–water partition coefficient (Wildman–Crippen LogP) is 2.82.